The van der Waals surface area contributed by atoms with Crippen LogP contribution in [0.25, 0.3) is 10.9 Å². The number of carbonyl (C=O) groups excluding carboxylic acids is 3. The molecule has 182 valence electrons. The lowest BCUT2D eigenvalue weighted by molar-refractivity contribution is -0.138. The van der Waals surface area contributed by atoms with Crippen molar-refractivity contribution in [1.29, 1.82) is 4.78 Å². The SMILES string of the molecule is CC(=O)c1nn(CC(=O)N2C[C@H]3C[C@H]3[C@H]2C(=O)Nc2cccc(Br)n2)c2cc(S(C)(=N)=O)ccc12. The zero-order chi connectivity index (χ0) is 25.1. The molecule has 0 radical (unpaired) electrons. The number of anilines is 1. The average molecular weight is 559 g/mol. The van der Waals surface area contributed by atoms with Crippen LogP contribution in [0.3, 0.4) is 0 Å². The fourth-order valence-corrected chi connectivity index (χ4v) is 5.74. The minimum Gasteiger partial charge on any atom is -0.328 e. The highest BCUT2D eigenvalue weighted by Gasteiger charge is 2.56. The number of aromatic nitrogens is 3. The lowest BCUT2D eigenvalue weighted by atomic mass is 10.1. The highest BCUT2D eigenvalue weighted by atomic mass is 79.9. The number of hydrogen-bond acceptors (Lipinski definition) is 7. The van der Waals surface area contributed by atoms with E-state index in [1.54, 1.807) is 41.3 Å². The van der Waals surface area contributed by atoms with Crippen molar-refractivity contribution in [2.24, 2.45) is 11.8 Å². The van der Waals surface area contributed by atoms with Crippen LogP contribution < -0.4 is 5.32 Å². The maximum atomic E-state index is 13.4. The molecule has 2 N–H and O–H groups in total. The quantitative estimate of drug-likeness (QED) is 0.352. The molecule has 1 aliphatic heterocycles. The number of nitrogens with zero attached hydrogens (tertiary/aromatic N) is 4. The number of hydrogen-bond donors (Lipinski definition) is 2. The number of Topliss-reactive ketones (excluding diaryl/α,β-unsaturated/α-hetero) is 1. The molecule has 1 aromatic carbocycles. The van der Waals surface area contributed by atoms with E-state index >= 15 is 0 Å². The molecule has 1 saturated heterocycles. The fourth-order valence-electron chi connectivity index (χ4n) is 4.73. The molecule has 1 unspecified atom stereocenters. The second-order valence-corrected chi connectivity index (χ2v) is 12.0. The molecule has 3 heterocycles. The van der Waals surface area contributed by atoms with Gasteiger partial charge in [-0.1, -0.05) is 6.07 Å². The van der Waals surface area contributed by atoms with Crippen LogP contribution in [0.15, 0.2) is 45.9 Å². The Morgan fingerprint density at radius 2 is 2.03 bits per heavy atom. The summed E-state index contributed by atoms with van der Waals surface area (Å²) in [6.45, 7) is 1.68. The van der Waals surface area contributed by atoms with Crippen LogP contribution >= 0.6 is 15.9 Å². The summed E-state index contributed by atoms with van der Waals surface area (Å²) in [6, 6.07) is 9.29. The van der Waals surface area contributed by atoms with E-state index in [1.165, 1.54) is 17.9 Å². The van der Waals surface area contributed by atoms with Gasteiger partial charge in [0.1, 0.15) is 28.7 Å². The minimum absolute atomic E-state index is 0.105. The van der Waals surface area contributed by atoms with Gasteiger partial charge in [-0.15, -0.1) is 0 Å². The fraction of sp³-hybridized carbons (Fsp3) is 0.348. The van der Waals surface area contributed by atoms with Crippen LogP contribution in [0.1, 0.15) is 23.8 Å². The number of fused-ring (bicyclic) bond motifs is 2. The van der Waals surface area contributed by atoms with E-state index in [9.17, 15) is 18.6 Å². The van der Waals surface area contributed by atoms with Crippen LogP contribution in [0.4, 0.5) is 5.82 Å². The molecule has 2 amide bonds. The summed E-state index contributed by atoms with van der Waals surface area (Å²) < 4.78 is 22.2. The molecule has 10 nitrogen and oxygen atoms in total. The van der Waals surface area contributed by atoms with Crippen molar-refractivity contribution in [3.8, 4) is 0 Å². The number of amides is 2. The van der Waals surface area contributed by atoms with Gasteiger partial charge in [-0.05, 0) is 64.5 Å². The highest BCUT2D eigenvalue weighted by molar-refractivity contribution is 9.10. The normalized spacial score (nSPS) is 22.5. The van der Waals surface area contributed by atoms with Gasteiger partial charge >= 0.3 is 0 Å². The van der Waals surface area contributed by atoms with E-state index in [0.717, 1.165) is 6.42 Å². The molecule has 1 aliphatic carbocycles. The molecule has 3 aromatic rings. The van der Waals surface area contributed by atoms with E-state index in [2.05, 4.69) is 31.3 Å². The minimum atomic E-state index is -3.00. The summed E-state index contributed by atoms with van der Waals surface area (Å²) in [7, 11) is -3.00. The van der Waals surface area contributed by atoms with Crippen LogP contribution in [0.5, 0.6) is 0 Å². The van der Waals surface area contributed by atoms with Gasteiger partial charge in [-0.25, -0.2) is 14.0 Å². The topological polar surface area (TPSA) is 138 Å². The molecule has 2 fully saturated rings. The van der Waals surface area contributed by atoms with Crippen molar-refractivity contribution in [2.45, 2.75) is 30.8 Å². The first-order chi connectivity index (χ1) is 16.5. The number of pyridine rings is 1. The third kappa shape index (κ3) is 4.47. The summed E-state index contributed by atoms with van der Waals surface area (Å²) in [4.78, 5) is 44.8. The van der Waals surface area contributed by atoms with Crippen LogP contribution in [-0.2, 0) is 25.9 Å². The summed E-state index contributed by atoms with van der Waals surface area (Å²) in [5.41, 5.74) is 0.651. The van der Waals surface area contributed by atoms with Crippen molar-refractivity contribution in [1.82, 2.24) is 19.7 Å². The second-order valence-electron chi connectivity index (χ2n) is 9.07. The number of piperidine rings is 1. The van der Waals surface area contributed by atoms with Gasteiger partial charge in [0, 0.05) is 30.0 Å². The molecular formula is C23H23BrN6O4S. The molecular weight excluding hydrogens is 536 g/mol. The first-order valence-corrected chi connectivity index (χ1v) is 13.8. The molecule has 1 saturated carbocycles. The van der Waals surface area contributed by atoms with Gasteiger partial charge in [0.25, 0.3) is 0 Å². The maximum absolute atomic E-state index is 13.4. The van der Waals surface area contributed by atoms with E-state index < -0.39 is 15.8 Å². The van der Waals surface area contributed by atoms with Crippen LogP contribution in [0, 0.1) is 16.6 Å². The van der Waals surface area contributed by atoms with E-state index in [1.807, 2.05) is 0 Å². The Morgan fingerprint density at radius 1 is 1.26 bits per heavy atom. The van der Waals surface area contributed by atoms with Crippen LogP contribution in [-0.4, -0.2) is 60.3 Å². The van der Waals surface area contributed by atoms with Crippen LogP contribution in [0.2, 0.25) is 0 Å². The van der Waals surface area contributed by atoms with E-state index in [0.29, 0.717) is 27.9 Å². The zero-order valence-corrected chi connectivity index (χ0v) is 21.4. The molecule has 0 bridgehead atoms. The predicted molar refractivity (Wildman–Crippen MR) is 132 cm³/mol. The van der Waals surface area contributed by atoms with E-state index in [-0.39, 0.29) is 46.6 Å². The maximum Gasteiger partial charge on any atom is 0.248 e. The first-order valence-electron chi connectivity index (χ1n) is 11.0. The molecule has 35 heavy (non-hydrogen) atoms. The second kappa shape index (κ2) is 8.52. The smallest absolute Gasteiger partial charge is 0.248 e. The van der Waals surface area contributed by atoms with Crippen molar-refractivity contribution >= 4 is 60.0 Å². The largest absolute Gasteiger partial charge is 0.328 e. The first kappa shape index (κ1) is 23.6. The van der Waals surface area contributed by atoms with Crippen molar-refractivity contribution < 1.29 is 18.6 Å². The Kier molecular flexibility index (Phi) is 5.75. The van der Waals surface area contributed by atoms with Crippen molar-refractivity contribution in [3.63, 3.8) is 0 Å². The predicted octanol–water partition coefficient (Wildman–Crippen LogP) is 2.92. The number of likely N-dealkylation sites (tertiary alicyclic amines) is 1. The Bertz CT molecular complexity index is 1500. The standard InChI is InChI=1S/C23H23BrN6O4S/c1-12(31)21-15-7-6-14(35(2,25)34)9-17(15)30(28-21)11-20(32)29-10-13-8-16(13)22(29)23(33)27-19-5-3-4-18(24)26-19/h3-7,9,13,16,22,25H,8,10-11H2,1-2H3,(H,26,27,33)/t13-,16-,22+,35?/m1/s1. The van der Waals surface area contributed by atoms with E-state index in [4.69, 9.17) is 4.78 Å². The number of benzene rings is 1. The number of halogens is 1. The summed E-state index contributed by atoms with van der Waals surface area (Å²) >= 11 is 3.29. The summed E-state index contributed by atoms with van der Waals surface area (Å²) in [5.74, 6) is -0.0622. The Morgan fingerprint density at radius 3 is 2.71 bits per heavy atom. The number of nitrogens with one attached hydrogen (secondary N) is 2. The molecule has 2 aliphatic rings. The zero-order valence-electron chi connectivity index (χ0n) is 19.0. The lowest BCUT2D eigenvalue weighted by Crippen LogP contribution is -2.47. The Balaban J connectivity index is 1.43. The monoisotopic (exact) mass is 558 g/mol. The van der Waals surface area contributed by atoms with Gasteiger partial charge in [0.2, 0.25) is 11.8 Å². The summed E-state index contributed by atoms with van der Waals surface area (Å²) in [5, 5.41) is 7.69. The third-order valence-corrected chi connectivity index (χ3v) is 8.09. The van der Waals surface area contributed by atoms with Gasteiger partial charge in [-0.3, -0.25) is 19.1 Å². The molecule has 12 heteroatoms. The van der Waals surface area contributed by atoms with Gasteiger partial charge < -0.3 is 10.2 Å². The molecule has 5 rings (SSSR count). The number of carbonyl (C=O) groups is 3. The molecule has 4 atom stereocenters. The third-order valence-electron chi connectivity index (χ3n) is 6.50. The average Bonchev–Trinajstić information content (AvgIpc) is 3.28. The molecule has 0 spiro atoms. The van der Waals surface area contributed by atoms with Gasteiger partial charge in [-0.2, -0.15) is 5.10 Å². The molecule has 2 aromatic heterocycles. The lowest BCUT2D eigenvalue weighted by Gasteiger charge is -2.26. The highest BCUT2D eigenvalue weighted by Crippen LogP contribution is 2.49. The number of rotatable bonds is 6. The van der Waals surface area contributed by atoms with Crippen molar-refractivity contribution in [2.75, 3.05) is 18.1 Å². The summed E-state index contributed by atoms with van der Waals surface area (Å²) in [6.07, 6.45) is 2.20. The van der Waals surface area contributed by atoms with Gasteiger partial charge in [0.05, 0.1) is 15.2 Å². The van der Waals surface area contributed by atoms with Gasteiger partial charge in [0.15, 0.2) is 5.78 Å². The number of ketones is 1. The van der Waals surface area contributed by atoms with Crippen molar-refractivity contribution in [3.05, 3.63) is 46.7 Å². The Labute approximate surface area is 210 Å². The Hall–Kier alpha value is -3.12.